The molecular weight excluding hydrogens is 308 g/mol. The standard InChI is InChI=1S/C14H12N2O7/c1-2-22-14(19)10-8-5-7(16(20)21)6-9-11(8)15(3-4-23-9)13(18)12(10)17/h5-6,17H,2-4H2,1H3. The van der Waals surface area contributed by atoms with Crippen LogP contribution in [0.3, 0.4) is 0 Å². The lowest BCUT2D eigenvalue weighted by Gasteiger charge is -2.21. The Kier molecular flexibility index (Phi) is 3.40. The third kappa shape index (κ3) is 2.17. The van der Waals surface area contributed by atoms with Crippen LogP contribution in [0.25, 0.3) is 10.9 Å². The maximum Gasteiger partial charge on any atom is 0.342 e. The highest BCUT2D eigenvalue weighted by atomic mass is 16.6. The van der Waals surface area contributed by atoms with Crippen molar-refractivity contribution >= 4 is 22.6 Å². The van der Waals surface area contributed by atoms with E-state index in [4.69, 9.17) is 9.47 Å². The monoisotopic (exact) mass is 320 g/mol. The van der Waals surface area contributed by atoms with Crippen LogP contribution in [0.15, 0.2) is 16.9 Å². The molecule has 0 saturated heterocycles. The molecule has 120 valence electrons. The van der Waals surface area contributed by atoms with Crippen LogP contribution in [0.5, 0.6) is 11.5 Å². The van der Waals surface area contributed by atoms with Crippen LogP contribution in [0.2, 0.25) is 0 Å². The molecule has 9 heteroatoms. The highest BCUT2D eigenvalue weighted by Gasteiger charge is 2.28. The Morgan fingerprint density at radius 2 is 2.26 bits per heavy atom. The van der Waals surface area contributed by atoms with Gasteiger partial charge in [0.05, 0.1) is 29.7 Å². The predicted octanol–water partition coefficient (Wildman–Crippen LogP) is 1.18. The van der Waals surface area contributed by atoms with E-state index in [0.717, 1.165) is 6.07 Å². The summed E-state index contributed by atoms with van der Waals surface area (Å²) in [5.41, 5.74) is -1.24. The number of carbonyl (C=O) groups is 1. The number of ether oxygens (including phenoxy) is 2. The van der Waals surface area contributed by atoms with Crippen LogP contribution >= 0.6 is 0 Å². The number of carbonyl (C=O) groups excluding carboxylic acids is 1. The summed E-state index contributed by atoms with van der Waals surface area (Å²) >= 11 is 0. The lowest BCUT2D eigenvalue weighted by molar-refractivity contribution is -0.384. The second-order valence-electron chi connectivity index (χ2n) is 4.85. The molecule has 0 aliphatic carbocycles. The summed E-state index contributed by atoms with van der Waals surface area (Å²) in [5, 5.41) is 21.2. The summed E-state index contributed by atoms with van der Waals surface area (Å²) in [6, 6.07) is 2.30. The Labute approximate surface area is 128 Å². The summed E-state index contributed by atoms with van der Waals surface area (Å²) in [6.07, 6.45) is 0. The maximum absolute atomic E-state index is 12.3. The molecule has 1 aliphatic rings. The first-order valence-corrected chi connectivity index (χ1v) is 6.83. The minimum Gasteiger partial charge on any atom is -0.502 e. The van der Waals surface area contributed by atoms with Crippen molar-refractivity contribution in [2.45, 2.75) is 13.5 Å². The molecule has 0 amide bonds. The zero-order valence-electron chi connectivity index (χ0n) is 12.1. The van der Waals surface area contributed by atoms with E-state index in [9.17, 15) is 24.8 Å². The Morgan fingerprint density at radius 1 is 1.52 bits per heavy atom. The molecule has 0 bridgehead atoms. The van der Waals surface area contributed by atoms with E-state index < -0.39 is 27.8 Å². The predicted molar refractivity (Wildman–Crippen MR) is 78.0 cm³/mol. The van der Waals surface area contributed by atoms with Crippen LogP contribution < -0.4 is 10.3 Å². The van der Waals surface area contributed by atoms with Gasteiger partial charge >= 0.3 is 5.97 Å². The van der Waals surface area contributed by atoms with E-state index in [1.54, 1.807) is 6.92 Å². The first-order valence-electron chi connectivity index (χ1n) is 6.83. The Bertz CT molecular complexity index is 900. The number of nitro groups is 1. The van der Waals surface area contributed by atoms with Gasteiger partial charge in [0.1, 0.15) is 12.2 Å². The van der Waals surface area contributed by atoms with Crippen molar-refractivity contribution in [2.24, 2.45) is 0 Å². The van der Waals surface area contributed by atoms with Gasteiger partial charge in [-0.1, -0.05) is 0 Å². The lowest BCUT2D eigenvalue weighted by atomic mass is 10.1. The Balaban J connectivity index is 2.48. The first kappa shape index (κ1) is 14.8. The molecule has 2 aromatic rings. The number of benzene rings is 1. The average molecular weight is 320 g/mol. The first-order chi connectivity index (χ1) is 11.0. The minimum absolute atomic E-state index is 0.0289. The van der Waals surface area contributed by atoms with Crippen molar-refractivity contribution in [3.05, 3.63) is 38.2 Å². The van der Waals surface area contributed by atoms with E-state index >= 15 is 0 Å². The van der Waals surface area contributed by atoms with Gasteiger partial charge in [0.15, 0.2) is 11.5 Å². The van der Waals surface area contributed by atoms with Gasteiger partial charge in [-0.3, -0.25) is 19.5 Å². The fraction of sp³-hybridized carbons (Fsp3) is 0.286. The van der Waals surface area contributed by atoms with Gasteiger partial charge in [-0.05, 0) is 6.92 Å². The number of nitro benzene ring substituents is 1. The number of hydrogen-bond donors (Lipinski definition) is 1. The molecule has 0 atom stereocenters. The van der Waals surface area contributed by atoms with Crippen LogP contribution in [0, 0.1) is 10.1 Å². The number of nitrogens with zero attached hydrogens (tertiary/aromatic N) is 2. The van der Waals surface area contributed by atoms with Crippen LogP contribution in [-0.4, -0.2) is 33.8 Å². The van der Waals surface area contributed by atoms with Crippen LogP contribution in [-0.2, 0) is 11.3 Å². The zero-order chi connectivity index (χ0) is 16.7. The maximum atomic E-state index is 12.3. The van der Waals surface area contributed by atoms with Gasteiger partial charge < -0.3 is 14.6 Å². The van der Waals surface area contributed by atoms with E-state index in [2.05, 4.69) is 0 Å². The number of non-ortho nitro benzene ring substituents is 1. The largest absolute Gasteiger partial charge is 0.502 e. The number of rotatable bonds is 3. The highest BCUT2D eigenvalue weighted by Crippen LogP contribution is 2.36. The van der Waals surface area contributed by atoms with Crippen LogP contribution in [0.4, 0.5) is 5.69 Å². The van der Waals surface area contributed by atoms with E-state index in [0.29, 0.717) is 0 Å². The fourth-order valence-corrected chi connectivity index (χ4v) is 2.61. The smallest absolute Gasteiger partial charge is 0.342 e. The van der Waals surface area contributed by atoms with Gasteiger partial charge in [0.2, 0.25) is 0 Å². The van der Waals surface area contributed by atoms with Gasteiger partial charge in [-0.25, -0.2) is 4.79 Å². The van der Waals surface area contributed by atoms with Gasteiger partial charge in [-0.15, -0.1) is 0 Å². The molecule has 3 rings (SSSR count). The average Bonchev–Trinajstić information content (AvgIpc) is 2.52. The summed E-state index contributed by atoms with van der Waals surface area (Å²) < 4.78 is 11.5. The van der Waals surface area contributed by atoms with Crippen molar-refractivity contribution in [1.82, 2.24) is 4.57 Å². The summed E-state index contributed by atoms with van der Waals surface area (Å²) in [4.78, 5) is 34.8. The third-order valence-electron chi connectivity index (χ3n) is 3.55. The normalized spacial score (nSPS) is 12.7. The molecule has 0 saturated carbocycles. The Morgan fingerprint density at radius 3 is 2.91 bits per heavy atom. The number of hydrogen-bond acceptors (Lipinski definition) is 7. The van der Waals surface area contributed by atoms with Crippen molar-refractivity contribution in [1.29, 1.82) is 0 Å². The summed E-state index contributed by atoms with van der Waals surface area (Å²) in [6.45, 7) is 1.89. The molecule has 1 aromatic heterocycles. The fourth-order valence-electron chi connectivity index (χ4n) is 2.61. The molecule has 0 radical (unpaired) electrons. The molecule has 1 N–H and O–H groups in total. The Hall–Kier alpha value is -3.10. The second kappa shape index (κ2) is 5.27. The summed E-state index contributed by atoms with van der Waals surface area (Å²) in [7, 11) is 0. The zero-order valence-corrected chi connectivity index (χ0v) is 12.1. The number of aromatic nitrogens is 1. The third-order valence-corrected chi connectivity index (χ3v) is 3.55. The van der Waals surface area contributed by atoms with Gasteiger partial charge in [0, 0.05) is 11.5 Å². The second-order valence-corrected chi connectivity index (χ2v) is 4.85. The van der Waals surface area contributed by atoms with Gasteiger partial charge in [-0.2, -0.15) is 0 Å². The molecule has 23 heavy (non-hydrogen) atoms. The molecular formula is C14H12N2O7. The topological polar surface area (TPSA) is 121 Å². The van der Waals surface area contributed by atoms with E-state index in [1.165, 1.54) is 10.6 Å². The number of pyridine rings is 1. The SMILES string of the molecule is CCOC(=O)c1c(O)c(=O)n2c3c(cc([N+](=O)[O-])cc13)OCC2. The highest BCUT2D eigenvalue weighted by molar-refractivity contribution is 6.08. The van der Waals surface area contributed by atoms with Crippen molar-refractivity contribution < 1.29 is 24.3 Å². The lowest BCUT2D eigenvalue weighted by Crippen LogP contribution is -2.29. The summed E-state index contributed by atoms with van der Waals surface area (Å²) in [5.74, 6) is -1.60. The van der Waals surface area contributed by atoms with E-state index in [-0.39, 0.29) is 42.1 Å². The molecule has 0 fully saturated rings. The van der Waals surface area contributed by atoms with E-state index in [1.807, 2.05) is 0 Å². The van der Waals surface area contributed by atoms with Crippen LogP contribution in [0.1, 0.15) is 17.3 Å². The van der Waals surface area contributed by atoms with Crippen molar-refractivity contribution in [3.8, 4) is 11.5 Å². The number of aromatic hydroxyl groups is 1. The molecule has 2 heterocycles. The molecule has 9 nitrogen and oxygen atoms in total. The quantitative estimate of drug-likeness (QED) is 0.512. The van der Waals surface area contributed by atoms with Crippen molar-refractivity contribution in [3.63, 3.8) is 0 Å². The molecule has 0 unspecified atom stereocenters. The molecule has 1 aliphatic heterocycles. The molecule has 1 aromatic carbocycles. The molecule has 0 spiro atoms. The number of esters is 1. The van der Waals surface area contributed by atoms with Gasteiger partial charge in [0.25, 0.3) is 11.2 Å². The van der Waals surface area contributed by atoms with Crippen molar-refractivity contribution in [2.75, 3.05) is 13.2 Å². The minimum atomic E-state index is -0.925.